The van der Waals surface area contributed by atoms with Gasteiger partial charge in [0.05, 0.1) is 15.7 Å². The summed E-state index contributed by atoms with van der Waals surface area (Å²) in [7, 11) is 25.0. The van der Waals surface area contributed by atoms with Crippen LogP contribution in [-0.4, -0.2) is 13.8 Å². The Hall–Kier alpha value is 1.23. The Morgan fingerprint density at radius 2 is 1.38 bits per heavy atom. The summed E-state index contributed by atoms with van der Waals surface area (Å²) < 4.78 is 4.10. The molecular weight excluding hydrogens is 731 g/mol. The summed E-state index contributed by atoms with van der Waals surface area (Å²) in [5.74, 6) is 0. The van der Waals surface area contributed by atoms with Crippen LogP contribution in [0.5, 0.6) is 0 Å². The predicted molar refractivity (Wildman–Crippen MR) is 147 cm³/mol. The maximum atomic E-state index is 6.49. The third-order valence-electron chi connectivity index (χ3n) is 3.62. The Kier molecular flexibility index (Phi) is 9.49. The van der Waals surface area contributed by atoms with Crippen molar-refractivity contribution in [1.82, 2.24) is 4.68 Å². The summed E-state index contributed by atoms with van der Waals surface area (Å²) in [5.41, 5.74) is 1.55. The number of hydrogen-bond donors (Lipinski definition) is 0. The molecule has 2 aromatic carbocycles. The van der Waals surface area contributed by atoms with E-state index >= 15 is 0 Å². The van der Waals surface area contributed by atoms with Gasteiger partial charge in [0.15, 0.2) is 6.04 Å². The number of aromatic nitrogens is 2. The van der Waals surface area contributed by atoms with Gasteiger partial charge in [0.1, 0.15) is 5.69 Å². The van der Waals surface area contributed by atoms with Crippen molar-refractivity contribution >= 4 is 114 Å². The van der Waals surface area contributed by atoms with Crippen molar-refractivity contribution in [3.05, 3.63) is 67.3 Å². The van der Waals surface area contributed by atoms with Crippen LogP contribution in [0.3, 0.4) is 0 Å². The van der Waals surface area contributed by atoms with Gasteiger partial charge in [-0.15, -0.1) is 0 Å². The topological polar surface area (TPSA) is 21.2 Å². The van der Waals surface area contributed by atoms with E-state index in [-0.39, 0.29) is 6.04 Å². The van der Waals surface area contributed by atoms with Crippen molar-refractivity contribution in [2.24, 2.45) is 4.99 Å². The quantitative estimate of drug-likeness (QED) is 0.188. The predicted octanol–water partition coefficient (Wildman–Crippen LogP) is 9.66. The SMILES string of the molecule is Cc1sc(=Nc2ccccc2)n(-c2c(Cl)cc(Cl)cc2Cl)[n+]1C(C)C.[Cl][Sb-]([Cl])([Cl])([Cl])([Cl])[Cl]. The zero-order valence-corrected chi connectivity index (χ0v) is 26.9. The number of hydrogen-bond acceptors (Lipinski definition) is 2. The van der Waals surface area contributed by atoms with Gasteiger partial charge in [0, 0.05) is 11.9 Å². The van der Waals surface area contributed by atoms with E-state index in [1.165, 1.54) is 0 Å². The second-order valence-corrected chi connectivity index (χ2v) is 66.1. The zero-order valence-electron chi connectivity index (χ0n) is 16.7. The first kappa shape index (κ1) is 29.5. The molecule has 0 aliphatic carbocycles. The molecule has 0 aliphatic heterocycles. The molecule has 0 spiro atoms. The van der Waals surface area contributed by atoms with Crippen molar-refractivity contribution in [1.29, 1.82) is 0 Å². The maximum absolute atomic E-state index is 6.49. The van der Waals surface area contributed by atoms with Gasteiger partial charge in [-0.2, -0.15) is 0 Å². The second-order valence-electron chi connectivity index (χ2n) is 6.78. The molecule has 3 rings (SSSR count). The van der Waals surface area contributed by atoms with Crippen LogP contribution in [-0.2, 0) is 0 Å². The molecule has 0 N–H and O–H groups in total. The van der Waals surface area contributed by atoms with Crippen molar-refractivity contribution in [3.8, 4) is 5.69 Å². The van der Waals surface area contributed by atoms with E-state index in [9.17, 15) is 0 Å². The van der Waals surface area contributed by atoms with E-state index in [0.717, 1.165) is 15.5 Å². The molecule has 32 heavy (non-hydrogen) atoms. The van der Waals surface area contributed by atoms with Crippen LogP contribution in [0.2, 0.25) is 15.1 Å². The molecule has 0 bridgehead atoms. The number of benzene rings is 2. The van der Waals surface area contributed by atoms with Crippen LogP contribution in [0.1, 0.15) is 24.9 Å². The van der Waals surface area contributed by atoms with Gasteiger partial charge < -0.3 is 0 Å². The average molecular weight is 748 g/mol. The van der Waals surface area contributed by atoms with E-state index in [1.807, 2.05) is 35.0 Å². The molecule has 0 atom stereocenters. The van der Waals surface area contributed by atoms with E-state index < -0.39 is 9.14 Å². The summed E-state index contributed by atoms with van der Waals surface area (Å²) >= 11 is 20.7. The van der Waals surface area contributed by atoms with Gasteiger partial charge >= 0.3 is 62.1 Å². The molecule has 0 aliphatic rings. The molecule has 0 saturated carbocycles. The normalized spacial score (nSPS) is 14.6. The first-order valence-electron chi connectivity index (χ1n) is 8.79. The van der Waals surface area contributed by atoms with Gasteiger partial charge in [-0.05, 0) is 49.4 Å². The van der Waals surface area contributed by atoms with Crippen LogP contribution < -0.4 is 9.48 Å². The Morgan fingerprint density at radius 1 is 0.906 bits per heavy atom. The number of halogens is 9. The molecule has 0 unspecified atom stereocenters. The summed E-state index contributed by atoms with van der Waals surface area (Å²) in [6, 6.07) is 13.4. The van der Waals surface area contributed by atoms with Gasteiger partial charge in [0.2, 0.25) is 0 Å². The monoisotopic (exact) mass is 743 g/mol. The van der Waals surface area contributed by atoms with Crippen molar-refractivity contribution < 1.29 is 4.68 Å². The summed E-state index contributed by atoms with van der Waals surface area (Å²) in [4.78, 5) is 5.59. The Balaban J connectivity index is 0.000000451. The zero-order chi connectivity index (χ0) is 24.5. The minimum absolute atomic E-state index is 0.207. The number of para-hydroxylation sites is 1. The summed E-state index contributed by atoms with van der Waals surface area (Å²) in [5, 5.41) is 2.58. The first-order valence-corrected chi connectivity index (χ1v) is 30.1. The van der Waals surface area contributed by atoms with E-state index in [4.69, 9.17) is 92.8 Å². The molecule has 0 saturated heterocycles. The van der Waals surface area contributed by atoms with Crippen LogP contribution in [0, 0.1) is 6.92 Å². The molecule has 1 aromatic heterocycles. The van der Waals surface area contributed by atoms with Gasteiger partial charge in [-0.3, -0.25) is 0 Å². The standard InChI is InChI=1S/C18H17Cl3N3S.6ClH.Sb/c1-11(2)23-12(3)25-18(22-14-7-5-4-6-8-14)24(23)17-15(20)9-13(19)10-16(17)21;;;;;;;/h4-11H,1-3H3;6*1H;/q+1;;;;;;;+5/p-6. The van der Waals surface area contributed by atoms with Crippen molar-refractivity contribution in [2.75, 3.05) is 0 Å². The number of nitrogens with zero attached hydrogens (tertiary/aromatic N) is 3. The van der Waals surface area contributed by atoms with Crippen LogP contribution in [0.15, 0.2) is 47.5 Å². The molecule has 3 aromatic rings. The molecule has 3 nitrogen and oxygen atoms in total. The summed E-state index contributed by atoms with van der Waals surface area (Å²) in [6.45, 7) is 6.28. The molecule has 0 fully saturated rings. The molecular formula is C18H17Cl9N3SSb. The van der Waals surface area contributed by atoms with E-state index in [1.54, 1.807) is 23.5 Å². The average Bonchev–Trinajstić information content (AvgIpc) is 2.88. The minimum atomic E-state index is -5.42. The second kappa shape index (κ2) is 10.3. The van der Waals surface area contributed by atoms with Crippen LogP contribution in [0.4, 0.5) is 5.69 Å². The Labute approximate surface area is 225 Å². The van der Waals surface area contributed by atoms with Crippen molar-refractivity contribution in [2.45, 2.75) is 26.8 Å². The molecule has 14 heteroatoms. The Morgan fingerprint density at radius 3 is 1.81 bits per heavy atom. The number of rotatable bonds is 3. The third kappa shape index (κ3) is 10.1. The first-order chi connectivity index (χ1) is 14.3. The fraction of sp³-hybridized carbons (Fsp3) is 0.222. The Bertz CT molecular complexity index is 1150. The van der Waals surface area contributed by atoms with E-state index in [2.05, 4.69) is 25.5 Å². The number of aryl methyl sites for hydroxylation is 1. The molecule has 0 amide bonds. The molecule has 0 radical (unpaired) electrons. The van der Waals surface area contributed by atoms with Gasteiger partial charge in [-0.25, -0.2) is 4.99 Å². The van der Waals surface area contributed by atoms with E-state index in [0.29, 0.717) is 20.8 Å². The third-order valence-corrected chi connectivity index (χ3v) is 5.35. The fourth-order valence-electron chi connectivity index (χ4n) is 2.67. The van der Waals surface area contributed by atoms with Crippen LogP contribution in [0.25, 0.3) is 5.69 Å². The summed E-state index contributed by atoms with van der Waals surface area (Å²) in [6.07, 6.45) is 0. The molecule has 178 valence electrons. The van der Waals surface area contributed by atoms with Crippen LogP contribution >= 0.6 is 99.1 Å². The molecule has 1 heterocycles. The van der Waals surface area contributed by atoms with Gasteiger partial charge in [0.25, 0.3) is 9.81 Å². The van der Waals surface area contributed by atoms with Gasteiger partial charge in [-0.1, -0.05) is 62.4 Å². The fourth-order valence-corrected chi connectivity index (χ4v) is 4.72. The van der Waals surface area contributed by atoms with Crippen molar-refractivity contribution in [3.63, 3.8) is 0 Å².